The number of phenols is 1. The first kappa shape index (κ1) is 15.0. The Morgan fingerprint density at radius 1 is 1.24 bits per heavy atom. The quantitative estimate of drug-likeness (QED) is 0.833. The number of sulfonamides is 1. The average Bonchev–Trinajstić information content (AvgIpc) is 2.46. The van der Waals surface area contributed by atoms with Gasteiger partial charge in [-0.05, 0) is 35.4 Å². The van der Waals surface area contributed by atoms with E-state index in [1.807, 2.05) is 0 Å². The third-order valence-corrected chi connectivity index (χ3v) is 3.86. The number of aromatic hydroxyl groups is 1. The van der Waals surface area contributed by atoms with Crippen LogP contribution in [0.5, 0.6) is 11.5 Å². The van der Waals surface area contributed by atoms with Crippen molar-refractivity contribution in [1.29, 1.82) is 0 Å². The van der Waals surface area contributed by atoms with Crippen LogP contribution in [0.3, 0.4) is 0 Å². The van der Waals surface area contributed by atoms with Crippen molar-refractivity contribution < 1.29 is 23.1 Å². The molecule has 0 spiro atoms. The van der Waals surface area contributed by atoms with Crippen LogP contribution in [0, 0.1) is 0 Å². The van der Waals surface area contributed by atoms with Gasteiger partial charge in [0.25, 0.3) is 0 Å². The lowest BCUT2D eigenvalue weighted by Gasteiger charge is -2.10. The lowest BCUT2D eigenvalue weighted by Crippen LogP contribution is -2.12. The van der Waals surface area contributed by atoms with E-state index in [0.717, 1.165) is 0 Å². The number of ether oxygens (including phenoxy) is 1. The predicted octanol–water partition coefficient (Wildman–Crippen LogP) is 1.53. The van der Waals surface area contributed by atoms with Gasteiger partial charge in [0.15, 0.2) is 17.8 Å². The van der Waals surface area contributed by atoms with Crippen molar-refractivity contribution in [3.05, 3.63) is 42.0 Å². The molecule has 2 rings (SSSR count). The zero-order chi connectivity index (χ0) is 15.6. The Balaban J connectivity index is 2.67. The highest BCUT2D eigenvalue weighted by Crippen LogP contribution is 2.34. The Kier molecular flexibility index (Phi) is 3.97. The van der Waals surface area contributed by atoms with Crippen molar-refractivity contribution in [2.24, 2.45) is 5.14 Å². The molecule has 0 aliphatic carbocycles. The lowest BCUT2D eigenvalue weighted by molar-refractivity contribution is 0.112. The molecule has 6 nitrogen and oxygen atoms in total. The summed E-state index contributed by atoms with van der Waals surface area (Å²) in [4.78, 5) is 11.1. The summed E-state index contributed by atoms with van der Waals surface area (Å²) in [6.07, 6.45) is 0.598. The van der Waals surface area contributed by atoms with Crippen LogP contribution in [-0.4, -0.2) is 26.9 Å². The monoisotopic (exact) mass is 307 g/mol. The summed E-state index contributed by atoms with van der Waals surface area (Å²) in [6, 6.07) is 8.52. The molecule has 2 aromatic rings. The molecule has 0 aromatic heterocycles. The highest BCUT2D eigenvalue weighted by Gasteiger charge is 2.14. The van der Waals surface area contributed by atoms with Crippen LogP contribution in [0.4, 0.5) is 0 Å². The van der Waals surface area contributed by atoms with E-state index in [1.54, 1.807) is 6.07 Å². The minimum absolute atomic E-state index is 0.0767. The molecule has 0 aliphatic rings. The number of hydrogen-bond donors (Lipinski definition) is 2. The first-order valence-electron chi connectivity index (χ1n) is 5.86. The Morgan fingerprint density at radius 3 is 2.52 bits per heavy atom. The van der Waals surface area contributed by atoms with Crippen LogP contribution in [0.2, 0.25) is 0 Å². The molecule has 0 bridgehead atoms. The molecule has 0 atom stereocenters. The van der Waals surface area contributed by atoms with Crippen LogP contribution in [-0.2, 0) is 10.0 Å². The molecule has 0 radical (unpaired) electrons. The summed E-state index contributed by atoms with van der Waals surface area (Å²) in [5.41, 5.74) is 1.09. The van der Waals surface area contributed by atoms with Crippen molar-refractivity contribution in [1.82, 2.24) is 0 Å². The number of carbonyl (C=O) groups excluding carboxylic acids is 1. The lowest BCUT2D eigenvalue weighted by atomic mass is 9.99. The van der Waals surface area contributed by atoms with Crippen LogP contribution in [0.25, 0.3) is 11.1 Å². The van der Waals surface area contributed by atoms with Crippen LogP contribution >= 0.6 is 0 Å². The maximum Gasteiger partial charge on any atom is 0.238 e. The molecule has 21 heavy (non-hydrogen) atoms. The standard InChI is InChI=1S/C14H13NO5S/c1-20-14-6-10(8-16)12(7-13(14)17)9-3-2-4-11(5-9)21(15,18)19/h2-8,17H,1H3,(H2,15,18,19). The van der Waals surface area contributed by atoms with Crippen LogP contribution in [0.1, 0.15) is 10.4 Å². The Hall–Kier alpha value is -2.38. The van der Waals surface area contributed by atoms with Gasteiger partial charge in [0.2, 0.25) is 10.0 Å². The molecule has 0 heterocycles. The maximum absolute atomic E-state index is 11.4. The average molecular weight is 307 g/mol. The SMILES string of the molecule is COc1cc(C=O)c(-c2cccc(S(N)(=O)=O)c2)cc1O. The van der Waals surface area contributed by atoms with Gasteiger partial charge < -0.3 is 9.84 Å². The van der Waals surface area contributed by atoms with E-state index in [1.165, 1.54) is 37.4 Å². The molecular formula is C14H13NO5S. The number of phenolic OH excluding ortho intramolecular Hbond substituents is 1. The number of benzene rings is 2. The highest BCUT2D eigenvalue weighted by atomic mass is 32.2. The van der Waals surface area contributed by atoms with E-state index in [4.69, 9.17) is 9.88 Å². The second-order valence-corrected chi connectivity index (χ2v) is 5.86. The van der Waals surface area contributed by atoms with Crippen molar-refractivity contribution in [2.75, 3.05) is 7.11 Å². The summed E-state index contributed by atoms with van der Waals surface area (Å²) in [5.74, 6) is 0.00237. The summed E-state index contributed by atoms with van der Waals surface area (Å²) in [7, 11) is -2.49. The Morgan fingerprint density at radius 2 is 1.95 bits per heavy atom. The number of hydrogen-bond acceptors (Lipinski definition) is 5. The molecule has 3 N–H and O–H groups in total. The number of rotatable bonds is 4. The molecule has 0 aliphatic heterocycles. The molecular weight excluding hydrogens is 294 g/mol. The molecule has 0 unspecified atom stereocenters. The van der Waals surface area contributed by atoms with Crippen molar-refractivity contribution in [3.8, 4) is 22.6 Å². The number of nitrogens with two attached hydrogens (primary N) is 1. The van der Waals surface area contributed by atoms with E-state index in [9.17, 15) is 18.3 Å². The predicted molar refractivity (Wildman–Crippen MR) is 76.9 cm³/mol. The molecule has 0 fully saturated rings. The zero-order valence-electron chi connectivity index (χ0n) is 11.1. The zero-order valence-corrected chi connectivity index (χ0v) is 11.9. The van der Waals surface area contributed by atoms with Crippen LogP contribution < -0.4 is 9.88 Å². The molecule has 0 amide bonds. The molecule has 110 valence electrons. The smallest absolute Gasteiger partial charge is 0.238 e. The summed E-state index contributed by atoms with van der Waals surface area (Å²) in [6.45, 7) is 0. The van der Waals surface area contributed by atoms with Gasteiger partial charge in [0.1, 0.15) is 0 Å². The van der Waals surface area contributed by atoms with Gasteiger partial charge >= 0.3 is 0 Å². The maximum atomic E-state index is 11.4. The largest absolute Gasteiger partial charge is 0.504 e. The fourth-order valence-electron chi connectivity index (χ4n) is 1.94. The van der Waals surface area contributed by atoms with Crippen molar-refractivity contribution in [2.45, 2.75) is 4.90 Å². The second-order valence-electron chi connectivity index (χ2n) is 4.30. The Bertz CT molecular complexity index is 799. The van der Waals surface area contributed by atoms with Gasteiger partial charge in [-0.1, -0.05) is 12.1 Å². The number of methoxy groups -OCH3 is 1. The minimum Gasteiger partial charge on any atom is -0.504 e. The summed E-state index contributed by atoms with van der Waals surface area (Å²) in [5, 5.41) is 14.9. The van der Waals surface area contributed by atoms with E-state index in [2.05, 4.69) is 0 Å². The second kappa shape index (κ2) is 5.55. The number of aldehydes is 1. The first-order valence-corrected chi connectivity index (χ1v) is 7.41. The summed E-state index contributed by atoms with van der Waals surface area (Å²) >= 11 is 0. The van der Waals surface area contributed by atoms with Gasteiger partial charge in [-0.3, -0.25) is 4.79 Å². The minimum atomic E-state index is -3.85. The van der Waals surface area contributed by atoms with Gasteiger partial charge in [0.05, 0.1) is 12.0 Å². The number of carbonyl (C=O) groups is 1. The van der Waals surface area contributed by atoms with E-state index in [0.29, 0.717) is 17.4 Å². The first-order chi connectivity index (χ1) is 9.86. The topological polar surface area (TPSA) is 107 Å². The molecule has 7 heteroatoms. The van der Waals surface area contributed by atoms with Crippen LogP contribution in [0.15, 0.2) is 41.3 Å². The third kappa shape index (κ3) is 3.04. The normalized spacial score (nSPS) is 11.1. The van der Waals surface area contributed by atoms with Crippen molar-refractivity contribution in [3.63, 3.8) is 0 Å². The van der Waals surface area contributed by atoms with E-state index < -0.39 is 10.0 Å². The van der Waals surface area contributed by atoms with Gasteiger partial charge in [0, 0.05) is 5.56 Å². The number of primary sulfonamides is 1. The Labute approximate surface area is 121 Å². The fraction of sp³-hybridized carbons (Fsp3) is 0.0714. The third-order valence-electron chi connectivity index (χ3n) is 2.95. The summed E-state index contributed by atoms with van der Waals surface area (Å²) < 4.78 is 27.7. The molecule has 2 aromatic carbocycles. The fourth-order valence-corrected chi connectivity index (χ4v) is 2.50. The molecule has 0 saturated heterocycles. The van der Waals surface area contributed by atoms with Gasteiger partial charge in [-0.25, -0.2) is 13.6 Å². The van der Waals surface area contributed by atoms with Gasteiger partial charge in [-0.2, -0.15) is 0 Å². The highest BCUT2D eigenvalue weighted by molar-refractivity contribution is 7.89. The van der Waals surface area contributed by atoms with E-state index in [-0.39, 0.29) is 22.0 Å². The van der Waals surface area contributed by atoms with E-state index >= 15 is 0 Å². The van der Waals surface area contributed by atoms with Crippen molar-refractivity contribution >= 4 is 16.3 Å². The van der Waals surface area contributed by atoms with Gasteiger partial charge in [-0.15, -0.1) is 0 Å². The molecule has 0 saturated carbocycles.